The van der Waals surface area contributed by atoms with Gasteiger partial charge in [0, 0.05) is 77.6 Å². The highest BCUT2D eigenvalue weighted by Crippen LogP contribution is 2.21. The molecular formula is C18H26N4O2. The molecule has 3 rings (SSSR count). The van der Waals surface area contributed by atoms with Crippen LogP contribution in [0.25, 0.3) is 0 Å². The molecule has 0 bridgehead atoms. The maximum absolute atomic E-state index is 12.5. The zero-order valence-corrected chi connectivity index (χ0v) is 14.7. The van der Waals surface area contributed by atoms with Gasteiger partial charge in [-0.2, -0.15) is 0 Å². The monoisotopic (exact) mass is 330 g/mol. The predicted molar refractivity (Wildman–Crippen MR) is 94.3 cm³/mol. The number of carbonyl (C=O) groups excluding carboxylic acids is 2. The summed E-state index contributed by atoms with van der Waals surface area (Å²) in [6.07, 6.45) is 0. The summed E-state index contributed by atoms with van der Waals surface area (Å²) in [7, 11) is 3.98. The highest BCUT2D eigenvalue weighted by molar-refractivity contribution is 5.95. The Morgan fingerprint density at radius 3 is 2.04 bits per heavy atom. The molecule has 0 spiro atoms. The van der Waals surface area contributed by atoms with Crippen LogP contribution >= 0.6 is 0 Å². The van der Waals surface area contributed by atoms with Crippen molar-refractivity contribution in [3.63, 3.8) is 0 Å². The van der Waals surface area contributed by atoms with E-state index >= 15 is 0 Å². The fourth-order valence-electron chi connectivity index (χ4n) is 3.34. The molecular weight excluding hydrogens is 304 g/mol. The minimum Gasteiger partial charge on any atom is -0.378 e. The summed E-state index contributed by atoms with van der Waals surface area (Å²) in [6, 6.07) is 8.19. The quantitative estimate of drug-likeness (QED) is 0.820. The SMILES string of the molecule is CC(=O)N1CCN(C2CN(C(=O)c3ccc(N(C)C)cc3)C2)CC1. The standard InChI is InChI=1S/C18H26N4O2/c1-14(23)20-8-10-21(11-9-20)17-12-22(13-17)18(24)15-4-6-16(7-5-15)19(2)3/h4-7,17H,8-13H2,1-3H3. The molecule has 2 aliphatic heterocycles. The van der Waals surface area contributed by atoms with Gasteiger partial charge >= 0.3 is 0 Å². The summed E-state index contributed by atoms with van der Waals surface area (Å²) in [4.78, 5) is 32.1. The van der Waals surface area contributed by atoms with Gasteiger partial charge < -0.3 is 14.7 Å². The van der Waals surface area contributed by atoms with Gasteiger partial charge in [0.1, 0.15) is 0 Å². The summed E-state index contributed by atoms with van der Waals surface area (Å²) >= 11 is 0. The first kappa shape index (κ1) is 16.8. The highest BCUT2D eigenvalue weighted by Gasteiger charge is 2.36. The van der Waals surface area contributed by atoms with E-state index in [4.69, 9.17) is 0 Å². The van der Waals surface area contributed by atoms with Crippen LogP contribution in [0, 0.1) is 0 Å². The molecule has 2 heterocycles. The van der Waals surface area contributed by atoms with Gasteiger partial charge in [0.2, 0.25) is 5.91 Å². The number of piperazine rings is 1. The van der Waals surface area contributed by atoms with Crippen LogP contribution in [0.1, 0.15) is 17.3 Å². The molecule has 2 saturated heterocycles. The second-order valence-corrected chi connectivity index (χ2v) is 6.85. The second kappa shape index (κ2) is 6.81. The van der Waals surface area contributed by atoms with Crippen molar-refractivity contribution in [3.05, 3.63) is 29.8 Å². The number of hydrogen-bond acceptors (Lipinski definition) is 4. The number of rotatable bonds is 3. The molecule has 2 aliphatic rings. The van der Waals surface area contributed by atoms with E-state index in [-0.39, 0.29) is 11.8 Å². The molecule has 2 fully saturated rings. The van der Waals surface area contributed by atoms with Crippen molar-refractivity contribution in [2.45, 2.75) is 13.0 Å². The lowest BCUT2D eigenvalue weighted by Crippen LogP contribution is -2.64. The fraction of sp³-hybridized carbons (Fsp3) is 0.556. The molecule has 0 saturated carbocycles. The van der Waals surface area contributed by atoms with E-state index in [0.717, 1.165) is 50.5 Å². The summed E-state index contributed by atoms with van der Waals surface area (Å²) in [5.74, 6) is 0.264. The van der Waals surface area contributed by atoms with Crippen LogP contribution in [0.5, 0.6) is 0 Å². The van der Waals surface area contributed by atoms with Gasteiger partial charge in [-0.3, -0.25) is 14.5 Å². The van der Waals surface area contributed by atoms with Crippen LogP contribution in [0.3, 0.4) is 0 Å². The van der Waals surface area contributed by atoms with E-state index in [9.17, 15) is 9.59 Å². The Bertz CT molecular complexity index is 600. The number of likely N-dealkylation sites (tertiary alicyclic amines) is 1. The Kier molecular flexibility index (Phi) is 4.76. The Hall–Kier alpha value is -2.08. The molecule has 0 N–H and O–H groups in total. The van der Waals surface area contributed by atoms with Crippen molar-refractivity contribution in [1.82, 2.24) is 14.7 Å². The molecule has 130 valence electrons. The van der Waals surface area contributed by atoms with Gasteiger partial charge in [-0.1, -0.05) is 0 Å². The van der Waals surface area contributed by atoms with E-state index in [2.05, 4.69) is 4.90 Å². The van der Waals surface area contributed by atoms with E-state index in [1.807, 2.05) is 53.1 Å². The van der Waals surface area contributed by atoms with E-state index in [0.29, 0.717) is 6.04 Å². The second-order valence-electron chi connectivity index (χ2n) is 6.85. The Morgan fingerprint density at radius 2 is 1.54 bits per heavy atom. The maximum atomic E-state index is 12.5. The lowest BCUT2D eigenvalue weighted by Gasteiger charge is -2.48. The number of benzene rings is 1. The van der Waals surface area contributed by atoms with Crippen LogP contribution < -0.4 is 4.90 Å². The molecule has 24 heavy (non-hydrogen) atoms. The van der Waals surface area contributed by atoms with Crippen molar-refractivity contribution in [2.75, 3.05) is 58.3 Å². The Balaban J connectivity index is 1.49. The zero-order valence-electron chi connectivity index (χ0n) is 14.7. The van der Waals surface area contributed by atoms with Gasteiger partial charge in [0.25, 0.3) is 5.91 Å². The molecule has 2 amide bonds. The minimum absolute atomic E-state index is 0.110. The average Bonchev–Trinajstić information content (AvgIpc) is 2.54. The van der Waals surface area contributed by atoms with E-state index in [1.165, 1.54) is 0 Å². The Labute approximate surface area is 143 Å². The number of anilines is 1. The topological polar surface area (TPSA) is 47.1 Å². The normalized spacial score (nSPS) is 19.1. The average molecular weight is 330 g/mol. The predicted octanol–water partition coefficient (Wildman–Crippen LogP) is 0.741. The van der Waals surface area contributed by atoms with Crippen LogP contribution in [0.15, 0.2) is 24.3 Å². The van der Waals surface area contributed by atoms with Crippen LogP contribution in [0.2, 0.25) is 0 Å². The van der Waals surface area contributed by atoms with E-state index in [1.54, 1.807) is 6.92 Å². The third-order valence-corrected chi connectivity index (χ3v) is 5.06. The van der Waals surface area contributed by atoms with Crippen molar-refractivity contribution in [1.29, 1.82) is 0 Å². The summed E-state index contributed by atoms with van der Waals surface area (Å²) in [5, 5.41) is 0. The molecule has 1 aromatic rings. The van der Waals surface area contributed by atoms with Gasteiger partial charge in [0.15, 0.2) is 0 Å². The molecule has 6 heteroatoms. The van der Waals surface area contributed by atoms with Crippen molar-refractivity contribution < 1.29 is 9.59 Å². The van der Waals surface area contributed by atoms with Crippen LogP contribution in [-0.2, 0) is 4.79 Å². The lowest BCUT2D eigenvalue weighted by molar-refractivity contribution is -0.131. The van der Waals surface area contributed by atoms with Gasteiger partial charge in [0.05, 0.1) is 0 Å². The first-order chi connectivity index (χ1) is 11.5. The molecule has 0 aliphatic carbocycles. The number of hydrogen-bond donors (Lipinski definition) is 0. The number of carbonyl (C=O) groups is 2. The van der Waals surface area contributed by atoms with Crippen molar-refractivity contribution in [2.24, 2.45) is 0 Å². The van der Waals surface area contributed by atoms with Gasteiger partial charge in [-0.05, 0) is 24.3 Å². The number of nitrogens with zero attached hydrogens (tertiary/aromatic N) is 4. The molecule has 1 aromatic carbocycles. The van der Waals surface area contributed by atoms with Crippen LogP contribution in [0.4, 0.5) is 5.69 Å². The molecule has 0 aromatic heterocycles. The fourth-order valence-corrected chi connectivity index (χ4v) is 3.34. The van der Waals surface area contributed by atoms with Gasteiger partial charge in [-0.25, -0.2) is 0 Å². The zero-order chi connectivity index (χ0) is 17.3. The Morgan fingerprint density at radius 1 is 0.958 bits per heavy atom. The minimum atomic E-state index is 0.110. The third kappa shape index (κ3) is 3.38. The third-order valence-electron chi connectivity index (χ3n) is 5.06. The lowest BCUT2D eigenvalue weighted by atomic mass is 10.0. The molecule has 6 nitrogen and oxygen atoms in total. The van der Waals surface area contributed by atoms with Gasteiger partial charge in [-0.15, -0.1) is 0 Å². The first-order valence-electron chi connectivity index (χ1n) is 8.52. The molecule has 0 radical (unpaired) electrons. The van der Waals surface area contributed by atoms with Crippen molar-refractivity contribution in [3.8, 4) is 0 Å². The first-order valence-corrected chi connectivity index (χ1v) is 8.52. The summed E-state index contributed by atoms with van der Waals surface area (Å²) in [6.45, 7) is 6.61. The number of amides is 2. The van der Waals surface area contributed by atoms with Crippen molar-refractivity contribution >= 4 is 17.5 Å². The van der Waals surface area contributed by atoms with E-state index < -0.39 is 0 Å². The van der Waals surface area contributed by atoms with Crippen LogP contribution in [-0.4, -0.2) is 85.9 Å². The molecule has 0 unspecified atom stereocenters. The summed E-state index contributed by atoms with van der Waals surface area (Å²) in [5.41, 5.74) is 1.84. The molecule has 0 atom stereocenters. The smallest absolute Gasteiger partial charge is 0.253 e. The highest BCUT2D eigenvalue weighted by atomic mass is 16.2. The maximum Gasteiger partial charge on any atom is 0.253 e. The largest absolute Gasteiger partial charge is 0.378 e. The summed E-state index contributed by atoms with van der Waals surface area (Å²) < 4.78 is 0.